The van der Waals surface area contributed by atoms with E-state index in [0.717, 1.165) is 11.8 Å². The summed E-state index contributed by atoms with van der Waals surface area (Å²) in [6, 6.07) is 0. The van der Waals surface area contributed by atoms with Gasteiger partial charge in [-0.3, -0.25) is 0 Å². The van der Waals surface area contributed by atoms with E-state index in [-0.39, 0.29) is 0 Å². The van der Waals surface area contributed by atoms with Crippen LogP contribution in [-0.2, 0) is 0 Å². The SMILES string of the molecule is CCCC(CC)CN(C)C=CC(C)C(C)C. The summed E-state index contributed by atoms with van der Waals surface area (Å²) in [5.41, 5.74) is 0. The van der Waals surface area contributed by atoms with Gasteiger partial charge in [0.1, 0.15) is 0 Å². The lowest BCUT2D eigenvalue weighted by atomic mass is 9.98. The molecule has 0 radical (unpaired) electrons. The second-order valence-electron chi connectivity index (χ2n) is 5.45. The summed E-state index contributed by atoms with van der Waals surface area (Å²) in [6.45, 7) is 12.6. The molecule has 1 heteroatoms. The van der Waals surface area contributed by atoms with Gasteiger partial charge in [-0.25, -0.2) is 0 Å². The lowest BCUT2D eigenvalue weighted by molar-refractivity contribution is 0.327. The molecule has 0 aliphatic carbocycles. The van der Waals surface area contributed by atoms with E-state index in [4.69, 9.17) is 0 Å². The van der Waals surface area contributed by atoms with Crippen molar-refractivity contribution < 1.29 is 0 Å². The monoisotopic (exact) mass is 225 g/mol. The van der Waals surface area contributed by atoms with Crippen molar-refractivity contribution in [3.05, 3.63) is 12.3 Å². The van der Waals surface area contributed by atoms with Crippen LogP contribution in [0.5, 0.6) is 0 Å². The summed E-state index contributed by atoms with van der Waals surface area (Å²) in [5.74, 6) is 2.27. The second kappa shape index (κ2) is 8.66. The van der Waals surface area contributed by atoms with Gasteiger partial charge in [0.05, 0.1) is 0 Å². The van der Waals surface area contributed by atoms with Gasteiger partial charge in [0.2, 0.25) is 0 Å². The van der Waals surface area contributed by atoms with Crippen molar-refractivity contribution in [2.24, 2.45) is 17.8 Å². The van der Waals surface area contributed by atoms with Crippen LogP contribution in [0.4, 0.5) is 0 Å². The summed E-state index contributed by atoms with van der Waals surface area (Å²) < 4.78 is 0. The standard InChI is InChI=1S/C15H31N/c1-7-9-15(8-2)12-16(6)11-10-14(5)13(3)4/h10-11,13-15H,7-9,12H2,1-6H3. The summed E-state index contributed by atoms with van der Waals surface area (Å²) in [7, 11) is 2.20. The third-order valence-electron chi connectivity index (χ3n) is 3.52. The highest BCUT2D eigenvalue weighted by Crippen LogP contribution is 2.14. The Labute approximate surface area is 103 Å². The van der Waals surface area contributed by atoms with Crippen LogP contribution < -0.4 is 0 Å². The molecule has 0 aromatic carbocycles. The third kappa shape index (κ3) is 6.92. The molecule has 0 aromatic heterocycles. The first-order chi connectivity index (χ1) is 7.51. The topological polar surface area (TPSA) is 3.24 Å². The number of nitrogens with zero attached hydrogens (tertiary/aromatic N) is 1. The van der Waals surface area contributed by atoms with Crippen LogP contribution in [0.1, 0.15) is 53.9 Å². The molecule has 0 saturated heterocycles. The van der Waals surface area contributed by atoms with E-state index in [9.17, 15) is 0 Å². The largest absolute Gasteiger partial charge is 0.380 e. The number of hydrogen-bond acceptors (Lipinski definition) is 1. The molecule has 1 nitrogen and oxygen atoms in total. The van der Waals surface area contributed by atoms with Crippen molar-refractivity contribution in [3.8, 4) is 0 Å². The highest BCUT2D eigenvalue weighted by molar-refractivity contribution is 4.87. The first-order valence-electron chi connectivity index (χ1n) is 6.89. The molecule has 2 atom stereocenters. The van der Waals surface area contributed by atoms with Gasteiger partial charge in [-0.2, -0.15) is 0 Å². The van der Waals surface area contributed by atoms with Crippen molar-refractivity contribution in [2.45, 2.75) is 53.9 Å². The van der Waals surface area contributed by atoms with Crippen LogP contribution in [-0.4, -0.2) is 18.5 Å². The Balaban J connectivity index is 4.00. The van der Waals surface area contributed by atoms with E-state index in [2.05, 4.69) is 58.8 Å². The molecule has 2 unspecified atom stereocenters. The van der Waals surface area contributed by atoms with Crippen molar-refractivity contribution in [3.63, 3.8) is 0 Å². The molecule has 0 aliphatic rings. The minimum absolute atomic E-state index is 0.675. The lowest BCUT2D eigenvalue weighted by Gasteiger charge is -2.22. The maximum atomic E-state index is 2.35. The molecule has 0 heterocycles. The summed E-state index contributed by atoms with van der Waals surface area (Å²) in [4.78, 5) is 2.35. The van der Waals surface area contributed by atoms with Crippen LogP contribution in [0.25, 0.3) is 0 Å². The Morgan fingerprint density at radius 2 is 1.75 bits per heavy atom. The molecule has 0 bridgehead atoms. The highest BCUT2D eigenvalue weighted by Gasteiger charge is 2.07. The minimum Gasteiger partial charge on any atom is -0.380 e. The normalized spacial score (nSPS) is 15.7. The summed E-state index contributed by atoms with van der Waals surface area (Å²) in [5, 5.41) is 0. The zero-order chi connectivity index (χ0) is 12.6. The molecule has 16 heavy (non-hydrogen) atoms. The molecule has 0 amide bonds. The van der Waals surface area contributed by atoms with E-state index in [0.29, 0.717) is 5.92 Å². The van der Waals surface area contributed by atoms with Crippen molar-refractivity contribution >= 4 is 0 Å². The zero-order valence-corrected chi connectivity index (χ0v) is 12.2. The van der Waals surface area contributed by atoms with E-state index in [1.165, 1.54) is 25.8 Å². The predicted molar refractivity (Wildman–Crippen MR) is 74.5 cm³/mol. The average Bonchev–Trinajstić information content (AvgIpc) is 2.24. The molecule has 0 aromatic rings. The average molecular weight is 225 g/mol. The molecular formula is C15H31N. The molecule has 96 valence electrons. The summed E-state index contributed by atoms with van der Waals surface area (Å²) in [6.07, 6.45) is 8.56. The molecular weight excluding hydrogens is 194 g/mol. The fourth-order valence-corrected chi connectivity index (χ4v) is 1.81. The minimum atomic E-state index is 0.675. The van der Waals surface area contributed by atoms with Gasteiger partial charge < -0.3 is 4.90 Å². The van der Waals surface area contributed by atoms with Gasteiger partial charge in [0, 0.05) is 13.6 Å². The van der Waals surface area contributed by atoms with Crippen LogP contribution >= 0.6 is 0 Å². The molecule has 0 spiro atoms. The fraction of sp³-hybridized carbons (Fsp3) is 0.867. The fourth-order valence-electron chi connectivity index (χ4n) is 1.81. The quantitative estimate of drug-likeness (QED) is 0.586. The Morgan fingerprint density at radius 1 is 1.12 bits per heavy atom. The summed E-state index contributed by atoms with van der Waals surface area (Å²) >= 11 is 0. The van der Waals surface area contributed by atoms with E-state index < -0.39 is 0 Å². The van der Waals surface area contributed by atoms with E-state index >= 15 is 0 Å². The van der Waals surface area contributed by atoms with Gasteiger partial charge in [-0.15, -0.1) is 0 Å². The van der Waals surface area contributed by atoms with Gasteiger partial charge in [0.25, 0.3) is 0 Å². The van der Waals surface area contributed by atoms with Crippen LogP contribution in [0, 0.1) is 17.8 Å². The molecule has 0 N–H and O–H groups in total. The number of hydrogen-bond donors (Lipinski definition) is 0. The highest BCUT2D eigenvalue weighted by atomic mass is 15.1. The maximum absolute atomic E-state index is 2.35. The molecule has 0 fully saturated rings. The van der Waals surface area contributed by atoms with Crippen molar-refractivity contribution in [1.29, 1.82) is 0 Å². The van der Waals surface area contributed by atoms with Crippen LogP contribution in [0.3, 0.4) is 0 Å². The van der Waals surface area contributed by atoms with Gasteiger partial charge in [0.15, 0.2) is 0 Å². The number of rotatable bonds is 8. The Bertz CT molecular complexity index is 184. The predicted octanol–water partition coefficient (Wildman–Crippen LogP) is 4.55. The van der Waals surface area contributed by atoms with Crippen LogP contribution in [0.15, 0.2) is 12.3 Å². The second-order valence-corrected chi connectivity index (χ2v) is 5.45. The van der Waals surface area contributed by atoms with Gasteiger partial charge in [-0.05, 0) is 30.4 Å². The Hall–Kier alpha value is -0.460. The van der Waals surface area contributed by atoms with E-state index in [1.807, 2.05) is 0 Å². The van der Waals surface area contributed by atoms with E-state index in [1.54, 1.807) is 0 Å². The molecule has 0 rings (SSSR count). The van der Waals surface area contributed by atoms with Gasteiger partial charge in [-0.1, -0.05) is 53.5 Å². The Kier molecular flexibility index (Phi) is 8.42. The number of allylic oxidation sites excluding steroid dienone is 1. The maximum Gasteiger partial charge on any atom is 0.0197 e. The molecule has 0 aliphatic heterocycles. The third-order valence-corrected chi connectivity index (χ3v) is 3.52. The first-order valence-corrected chi connectivity index (χ1v) is 6.89. The Morgan fingerprint density at radius 3 is 2.19 bits per heavy atom. The molecule has 0 saturated carbocycles. The van der Waals surface area contributed by atoms with Crippen molar-refractivity contribution in [2.75, 3.05) is 13.6 Å². The lowest BCUT2D eigenvalue weighted by Crippen LogP contribution is -2.20. The first kappa shape index (κ1) is 15.5. The zero-order valence-electron chi connectivity index (χ0n) is 12.2. The smallest absolute Gasteiger partial charge is 0.0197 e. The van der Waals surface area contributed by atoms with Crippen LogP contribution in [0.2, 0.25) is 0 Å². The van der Waals surface area contributed by atoms with Gasteiger partial charge >= 0.3 is 0 Å². The van der Waals surface area contributed by atoms with Crippen molar-refractivity contribution in [1.82, 2.24) is 4.90 Å².